The summed E-state index contributed by atoms with van der Waals surface area (Å²) >= 11 is 0. The molecule has 0 radical (unpaired) electrons. The lowest BCUT2D eigenvalue weighted by molar-refractivity contribution is -0.119. The van der Waals surface area contributed by atoms with Crippen LogP contribution in [0.25, 0.3) is 0 Å². The number of hydrazone groups is 1. The first-order valence-electron chi connectivity index (χ1n) is 9.38. The lowest BCUT2D eigenvalue weighted by atomic mass is 10.1. The number of aryl methyl sites for hydroxylation is 1. The number of anilines is 1. The van der Waals surface area contributed by atoms with Gasteiger partial charge in [-0.3, -0.25) is 14.6 Å². The molecule has 0 bridgehead atoms. The molecule has 8 heteroatoms. The molecule has 2 aromatic carbocycles. The Labute approximate surface area is 179 Å². The highest BCUT2D eigenvalue weighted by atomic mass is 16.5. The van der Waals surface area contributed by atoms with Crippen LogP contribution < -0.4 is 10.7 Å². The molecule has 31 heavy (non-hydrogen) atoms. The van der Waals surface area contributed by atoms with E-state index in [-0.39, 0.29) is 5.91 Å². The minimum Gasteiger partial charge on any atom is -0.452 e. The summed E-state index contributed by atoms with van der Waals surface area (Å²) in [5.41, 5.74) is 5.45. The predicted molar refractivity (Wildman–Crippen MR) is 116 cm³/mol. The molecule has 0 saturated carbocycles. The highest BCUT2D eigenvalue weighted by Gasteiger charge is 2.10. The Kier molecular flexibility index (Phi) is 7.21. The Balaban J connectivity index is 1.46. The van der Waals surface area contributed by atoms with Crippen LogP contribution in [0, 0.1) is 6.92 Å². The van der Waals surface area contributed by atoms with Gasteiger partial charge in [-0.25, -0.2) is 10.2 Å². The SMILES string of the molecule is Cc1ccc(NC(=O)COC(=O)c2ccc(/C=N\NC(=O)c3cccnc3)cc2)cc1. The zero-order chi connectivity index (χ0) is 22.1. The fourth-order valence-electron chi connectivity index (χ4n) is 2.48. The van der Waals surface area contributed by atoms with Gasteiger partial charge in [0.1, 0.15) is 0 Å². The first-order valence-corrected chi connectivity index (χ1v) is 9.38. The van der Waals surface area contributed by atoms with Gasteiger partial charge in [-0.1, -0.05) is 29.8 Å². The van der Waals surface area contributed by atoms with E-state index in [4.69, 9.17) is 4.74 Å². The summed E-state index contributed by atoms with van der Waals surface area (Å²) in [5.74, 6) is -1.42. The molecule has 0 unspecified atom stereocenters. The number of benzene rings is 2. The van der Waals surface area contributed by atoms with Crippen LogP contribution in [0.15, 0.2) is 78.2 Å². The van der Waals surface area contributed by atoms with Crippen molar-refractivity contribution in [3.8, 4) is 0 Å². The molecule has 156 valence electrons. The van der Waals surface area contributed by atoms with Gasteiger partial charge in [-0.2, -0.15) is 5.10 Å². The van der Waals surface area contributed by atoms with Crippen LogP contribution in [0.3, 0.4) is 0 Å². The van der Waals surface area contributed by atoms with Crippen LogP contribution in [0.2, 0.25) is 0 Å². The van der Waals surface area contributed by atoms with Crippen molar-refractivity contribution in [1.29, 1.82) is 0 Å². The number of carbonyl (C=O) groups is 3. The summed E-state index contributed by atoms with van der Waals surface area (Å²) < 4.78 is 5.04. The van der Waals surface area contributed by atoms with Crippen LogP contribution in [0.4, 0.5) is 5.69 Å². The topological polar surface area (TPSA) is 110 Å². The number of rotatable bonds is 7. The van der Waals surface area contributed by atoms with E-state index in [0.29, 0.717) is 22.4 Å². The average molecular weight is 416 g/mol. The summed E-state index contributed by atoms with van der Waals surface area (Å²) in [5, 5.41) is 6.53. The van der Waals surface area contributed by atoms with E-state index in [2.05, 4.69) is 20.8 Å². The van der Waals surface area contributed by atoms with Crippen molar-refractivity contribution in [3.05, 3.63) is 95.3 Å². The number of aromatic nitrogens is 1. The summed E-state index contributed by atoms with van der Waals surface area (Å²) in [6.07, 6.45) is 4.45. The van der Waals surface area contributed by atoms with Crippen molar-refractivity contribution in [2.75, 3.05) is 11.9 Å². The summed E-state index contributed by atoms with van der Waals surface area (Å²) in [6, 6.07) is 16.9. The molecular weight excluding hydrogens is 396 g/mol. The van der Waals surface area contributed by atoms with Gasteiger partial charge in [-0.05, 0) is 48.9 Å². The predicted octanol–water partition coefficient (Wildman–Crippen LogP) is 2.95. The van der Waals surface area contributed by atoms with Crippen molar-refractivity contribution in [1.82, 2.24) is 10.4 Å². The maximum absolute atomic E-state index is 12.1. The fourth-order valence-corrected chi connectivity index (χ4v) is 2.48. The standard InChI is InChI=1S/C23H20N4O4/c1-16-4-10-20(11-5-16)26-21(28)15-31-23(30)18-8-6-17(7-9-18)13-25-27-22(29)19-3-2-12-24-14-19/h2-14H,15H2,1H3,(H,26,28)(H,27,29)/b25-13-. The molecule has 0 fully saturated rings. The molecule has 0 aliphatic carbocycles. The maximum Gasteiger partial charge on any atom is 0.338 e. The van der Waals surface area contributed by atoms with E-state index in [1.54, 1.807) is 54.7 Å². The smallest absolute Gasteiger partial charge is 0.338 e. The molecule has 1 heterocycles. The summed E-state index contributed by atoms with van der Waals surface area (Å²) in [6.45, 7) is 1.55. The molecule has 3 rings (SSSR count). The second-order valence-electron chi connectivity index (χ2n) is 6.55. The molecule has 0 atom stereocenters. The third kappa shape index (κ3) is 6.60. The molecule has 0 aliphatic rings. The van der Waals surface area contributed by atoms with E-state index < -0.39 is 18.5 Å². The molecule has 2 amide bonds. The molecule has 8 nitrogen and oxygen atoms in total. The van der Waals surface area contributed by atoms with Gasteiger partial charge in [0, 0.05) is 18.1 Å². The van der Waals surface area contributed by atoms with Crippen molar-refractivity contribution < 1.29 is 19.1 Å². The molecule has 0 saturated heterocycles. The number of hydrogen-bond donors (Lipinski definition) is 2. The monoisotopic (exact) mass is 416 g/mol. The van der Waals surface area contributed by atoms with Gasteiger partial charge < -0.3 is 10.1 Å². The van der Waals surface area contributed by atoms with Crippen LogP contribution in [0.5, 0.6) is 0 Å². The van der Waals surface area contributed by atoms with Crippen LogP contribution >= 0.6 is 0 Å². The molecular formula is C23H20N4O4. The van der Waals surface area contributed by atoms with Crippen molar-refractivity contribution in [2.45, 2.75) is 6.92 Å². The lowest BCUT2D eigenvalue weighted by Gasteiger charge is -2.07. The minimum atomic E-state index is -0.618. The van der Waals surface area contributed by atoms with Crippen LogP contribution in [-0.4, -0.2) is 35.6 Å². The zero-order valence-electron chi connectivity index (χ0n) is 16.7. The number of nitrogens with zero attached hydrogens (tertiary/aromatic N) is 2. The number of pyridine rings is 1. The highest BCUT2D eigenvalue weighted by molar-refractivity contribution is 5.96. The van der Waals surface area contributed by atoms with Crippen molar-refractivity contribution in [3.63, 3.8) is 0 Å². The van der Waals surface area contributed by atoms with Crippen molar-refractivity contribution >= 4 is 29.7 Å². The molecule has 1 aromatic heterocycles. The second kappa shape index (κ2) is 10.4. The third-order valence-corrected chi connectivity index (χ3v) is 4.12. The minimum absolute atomic E-state index is 0.291. The van der Waals surface area contributed by atoms with Crippen LogP contribution in [-0.2, 0) is 9.53 Å². The van der Waals surface area contributed by atoms with E-state index in [1.165, 1.54) is 12.4 Å². The molecule has 0 spiro atoms. The number of amides is 2. The molecule has 2 N–H and O–H groups in total. The first-order chi connectivity index (χ1) is 15.0. The van der Waals surface area contributed by atoms with Crippen LogP contribution in [0.1, 0.15) is 31.8 Å². The fraction of sp³-hybridized carbons (Fsp3) is 0.0870. The number of carbonyl (C=O) groups excluding carboxylic acids is 3. The Morgan fingerprint density at radius 3 is 2.42 bits per heavy atom. The van der Waals surface area contributed by atoms with Gasteiger partial charge in [0.15, 0.2) is 6.61 Å². The van der Waals surface area contributed by atoms with Gasteiger partial charge in [0.2, 0.25) is 0 Å². The zero-order valence-corrected chi connectivity index (χ0v) is 16.7. The highest BCUT2D eigenvalue weighted by Crippen LogP contribution is 2.09. The summed E-state index contributed by atoms with van der Waals surface area (Å²) in [4.78, 5) is 39.8. The largest absolute Gasteiger partial charge is 0.452 e. The quantitative estimate of drug-likeness (QED) is 0.350. The Bertz CT molecular complexity index is 1080. The molecule has 0 aliphatic heterocycles. The molecule has 3 aromatic rings. The Morgan fingerprint density at radius 1 is 1.00 bits per heavy atom. The second-order valence-corrected chi connectivity index (χ2v) is 6.55. The lowest BCUT2D eigenvalue weighted by Crippen LogP contribution is -2.20. The van der Waals surface area contributed by atoms with Gasteiger partial charge in [0.05, 0.1) is 17.3 Å². The number of ether oxygens (including phenoxy) is 1. The summed E-state index contributed by atoms with van der Waals surface area (Å²) in [7, 11) is 0. The van der Waals surface area contributed by atoms with Gasteiger partial charge in [0.25, 0.3) is 11.8 Å². The number of esters is 1. The third-order valence-electron chi connectivity index (χ3n) is 4.12. The normalized spacial score (nSPS) is 10.5. The van der Waals surface area contributed by atoms with E-state index in [9.17, 15) is 14.4 Å². The van der Waals surface area contributed by atoms with E-state index in [1.807, 2.05) is 19.1 Å². The Morgan fingerprint density at radius 2 is 1.74 bits per heavy atom. The van der Waals surface area contributed by atoms with Gasteiger partial charge >= 0.3 is 5.97 Å². The maximum atomic E-state index is 12.1. The van der Waals surface area contributed by atoms with Crippen molar-refractivity contribution in [2.24, 2.45) is 5.10 Å². The Hall–Kier alpha value is -4.33. The van der Waals surface area contributed by atoms with E-state index in [0.717, 1.165) is 5.56 Å². The van der Waals surface area contributed by atoms with Gasteiger partial charge in [-0.15, -0.1) is 0 Å². The average Bonchev–Trinajstić information content (AvgIpc) is 2.80. The van der Waals surface area contributed by atoms with E-state index >= 15 is 0 Å². The first kappa shape index (κ1) is 21.4. The number of hydrogen-bond acceptors (Lipinski definition) is 6. The number of nitrogens with one attached hydrogen (secondary N) is 2.